The summed E-state index contributed by atoms with van der Waals surface area (Å²) in [6.07, 6.45) is 1.86. The zero-order valence-corrected chi connectivity index (χ0v) is 12.4. The maximum Gasteiger partial charge on any atom is 0.0785 e. The molecule has 0 atom stereocenters. The summed E-state index contributed by atoms with van der Waals surface area (Å²) in [6.45, 7) is 4.69. The molecule has 1 heterocycles. The molecular weight excluding hydrogens is 258 g/mol. The van der Waals surface area contributed by atoms with Crippen LogP contribution in [-0.2, 0) is 6.54 Å². The van der Waals surface area contributed by atoms with Crippen LogP contribution in [0.4, 0.5) is 0 Å². The van der Waals surface area contributed by atoms with Crippen LogP contribution in [0.15, 0.2) is 54.7 Å². The highest BCUT2D eigenvalue weighted by Crippen LogP contribution is 2.27. The molecule has 0 saturated heterocycles. The molecule has 0 spiro atoms. The van der Waals surface area contributed by atoms with Gasteiger partial charge in [0.1, 0.15) is 0 Å². The Hall–Kier alpha value is -2.39. The van der Waals surface area contributed by atoms with E-state index in [1.54, 1.807) is 0 Å². The van der Waals surface area contributed by atoms with Crippen LogP contribution < -0.4 is 5.73 Å². The van der Waals surface area contributed by atoms with Crippen LogP contribution in [0.2, 0.25) is 0 Å². The molecule has 0 fully saturated rings. The minimum Gasteiger partial charge on any atom is -0.326 e. The molecule has 3 rings (SSSR count). The zero-order chi connectivity index (χ0) is 14.8. The highest BCUT2D eigenvalue weighted by atomic mass is 15.3. The third-order valence-electron chi connectivity index (χ3n) is 3.56. The molecule has 21 heavy (non-hydrogen) atoms. The molecule has 2 aromatic carbocycles. The summed E-state index contributed by atoms with van der Waals surface area (Å²) in [5.74, 6) is 0. The van der Waals surface area contributed by atoms with Crippen molar-refractivity contribution in [2.24, 2.45) is 5.73 Å². The summed E-state index contributed by atoms with van der Waals surface area (Å²) >= 11 is 0. The van der Waals surface area contributed by atoms with Gasteiger partial charge in [0.25, 0.3) is 0 Å². The molecule has 0 amide bonds. The number of aryl methyl sites for hydroxylation is 2. The van der Waals surface area contributed by atoms with E-state index < -0.39 is 0 Å². The summed E-state index contributed by atoms with van der Waals surface area (Å²) in [5, 5.41) is 4.55. The predicted molar refractivity (Wildman–Crippen MR) is 86.4 cm³/mol. The van der Waals surface area contributed by atoms with Crippen LogP contribution in [0.3, 0.4) is 0 Å². The Balaban J connectivity index is 2.22. The Kier molecular flexibility index (Phi) is 3.59. The van der Waals surface area contributed by atoms with Crippen LogP contribution in [0.5, 0.6) is 0 Å². The molecule has 0 aliphatic heterocycles. The van der Waals surface area contributed by atoms with Crippen molar-refractivity contribution >= 4 is 0 Å². The third kappa shape index (κ3) is 2.60. The molecule has 0 saturated carbocycles. The van der Waals surface area contributed by atoms with E-state index in [0.717, 1.165) is 22.5 Å². The van der Waals surface area contributed by atoms with E-state index in [0.29, 0.717) is 6.54 Å². The smallest absolute Gasteiger partial charge is 0.0785 e. The second-order valence-electron chi connectivity index (χ2n) is 5.35. The lowest BCUT2D eigenvalue weighted by atomic mass is 10.1. The molecular formula is C18H19N3. The maximum atomic E-state index is 5.89. The van der Waals surface area contributed by atoms with Gasteiger partial charge in [-0.2, -0.15) is 5.10 Å². The fourth-order valence-electron chi connectivity index (χ4n) is 2.70. The Morgan fingerprint density at radius 2 is 1.67 bits per heavy atom. The van der Waals surface area contributed by atoms with E-state index in [-0.39, 0.29) is 0 Å². The minimum atomic E-state index is 0.481. The zero-order valence-electron chi connectivity index (χ0n) is 12.4. The molecule has 2 N–H and O–H groups in total. The van der Waals surface area contributed by atoms with E-state index in [1.165, 1.54) is 11.1 Å². The molecule has 0 aliphatic carbocycles. The highest BCUT2D eigenvalue weighted by molar-refractivity contribution is 5.66. The Bertz CT molecular complexity index is 737. The van der Waals surface area contributed by atoms with E-state index in [4.69, 9.17) is 5.73 Å². The number of aromatic nitrogens is 2. The second-order valence-corrected chi connectivity index (χ2v) is 5.35. The van der Waals surface area contributed by atoms with Gasteiger partial charge in [-0.25, -0.2) is 4.68 Å². The van der Waals surface area contributed by atoms with Crippen molar-refractivity contribution in [2.75, 3.05) is 0 Å². The predicted octanol–water partition coefficient (Wildman–Crippen LogP) is 3.61. The molecule has 106 valence electrons. The maximum absolute atomic E-state index is 5.89. The normalized spacial score (nSPS) is 10.8. The average molecular weight is 277 g/mol. The van der Waals surface area contributed by atoms with Crippen LogP contribution in [0, 0.1) is 13.8 Å². The number of rotatable bonds is 3. The lowest BCUT2D eigenvalue weighted by Gasteiger charge is -2.11. The van der Waals surface area contributed by atoms with Gasteiger partial charge in [0, 0.05) is 17.7 Å². The molecule has 0 unspecified atom stereocenters. The van der Waals surface area contributed by atoms with Crippen molar-refractivity contribution in [3.8, 4) is 16.9 Å². The van der Waals surface area contributed by atoms with Gasteiger partial charge < -0.3 is 5.73 Å². The first-order valence-electron chi connectivity index (χ1n) is 7.10. The largest absolute Gasteiger partial charge is 0.326 e. The number of hydrogen-bond acceptors (Lipinski definition) is 2. The number of nitrogens with two attached hydrogens (primary N) is 1. The van der Waals surface area contributed by atoms with Crippen molar-refractivity contribution < 1.29 is 0 Å². The van der Waals surface area contributed by atoms with Gasteiger partial charge in [-0.3, -0.25) is 0 Å². The first-order valence-corrected chi connectivity index (χ1v) is 7.10. The summed E-state index contributed by atoms with van der Waals surface area (Å²) in [5.41, 5.74) is 12.7. The molecule has 3 nitrogen and oxygen atoms in total. The molecule has 0 radical (unpaired) electrons. The first-order chi connectivity index (χ1) is 10.2. The summed E-state index contributed by atoms with van der Waals surface area (Å²) in [6, 6.07) is 16.7. The Morgan fingerprint density at radius 1 is 1.00 bits per heavy atom. The monoisotopic (exact) mass is 277 g/mol. The summed E-state index contributed by atoms with van der Waals surface area (Å²) < 4.78 is 1.98. The van der Waals surface area contributed by atoms with E-state index in [1.807, 2.05) is 29.1 Å². The first kappa shape index (κ1) is 13.6. The fraction of sp³-hybridized carbons (Fsp3) is 0.167. The standard InChI is InChI=1S/C18H19N3/c1-13-8-14(2)10-17(9-13)21-18(16(11-19)12-20-21)15-6-4-3-5-7-15/h3-10,12H,11,19H2,1-2H3. The van der Waals surface area contributed by atoms with Crippen LogP contribution in [0.1, 0.15) is 16.7 Å². The lowest BCUT2D eigenvalue weighted by molar-refractivity contribution is 0.884. The lowest BCUT2D eigenvalue weighted by Crippen LogP contribution is -2.03. The Morgan fingerprint density at radius 3 is 2.29 bits per heavy atom. The van der Waals surface area contributed by atoms with Gasteiger partial charge >= 0.3 is 0 Å². The van der Waals surface area contributed by atoms with E-state index >= 15 is 0 Å². The van der Waals surface area contributed by atoms with Crippen LogP contribution in [-0.4, -0.2) is 9.78 Å². The van der Waals surface area contributed by atoms with Gasteiger partial charge in [-0.1, -0.05) is 36.4 Å². The van der Waals surface area contributed by atoms with Crippen molar-refractivity contribution in [3.05, 3.63) is 71.4 Å². The van der Waals surface area contributed by atoms with E-state index in [9.17, 15) is 0 Å². The van der Waals surface area contributed by atoms with Crippen LogP contribution in [0.25, 0.3) is 16.9 Å². The molecule has 1 aromatic heterocycles. The summed E-state index contributed by atoms with van der Waals surface area (Å²) in [4.78, 5) is 0. The van der Waals surface area contributed by atoms with Gasteiger partial charge in [0.05, 0.1) is 17.6 Å². The number of benzene rings is 2. The summed E-state index contributed by atoms with van der Waals surface area (Å²) in [7, 11) is 0. The van der Waals surface area contributed by atoms with Crippen molar-refractivity contribution in [2.45, 2.75) is 20.4 Å². The van der Waals surface area contributed by atoms with E-state index in [2.05, 4.69) is 49.3 Å². The topological polar surface area (TPSA) is 43.8 Å². The van der Waals surface area contributed by atoms with Gasteiger partial charge in [-0.05, 0) is 37.1 Å². The van der Waals surface area contributed by atoms with Gasteiger partial charge in [-0.15, -0.1) is 0 Å². The molecule has 3 heteroatoms. The van der Waals surface area contributed by atoms with Crippen LogP contribution >= 0.6 is 0 Å². The molecule has 0 aliphatic rings. The SMILES string of the molecule is Cc1cc(C)cc(-n2ncc(CN)c2-c2ccccc2)c1. The average Bonchev–Trinajstić information content (AvgIpc) is 2.91. The highest BCUT2D eigenvalue weighted by Gasteiger charge is 2.13. The van der Waals surface area contributed by atoms with Crippen molar-refractivity contribution in [3.63, 3.8) is 0 Å². The van der Waals surface area contributed by atoms with Crippen molar-refractivity contribution in [1.82, 2.24) is 9.78 Å². The second kappa shape index (κ2) is 5.54. The van der Waals surface area contributed by atoms with Gasteiger partial charge in [0.15, 0.2) is 0 Å². The number of nitrogens with zero attached hydrogens (tertiary/aromatic N) is 2. The van der Waals surface area contributed by atoms with Gasteiger partial charge in [0.2, 0.25) is 0 Å². The minimum absolute atomic E-state index is 0.481. The quantitative estimate of drug-likeness (QED) is 0.794. The number of hydrogen-bond donors (Lipinski definition) is 1. The molecule has 3 aromatic rings. The van der Waals surface area contributed by atoms with Crippen molar-refractivity contribution in [1.29, 1.82) is 0 Å². The molecule has 0 bridgehead atoms. The fourth-order valence-corrected chi connectivity index (χ4v) is 2.70. The Labute approximate surface area is 125 Å². The third-order valence-corrected chi connectivity index (χ3v) is 3.56.